The lowest BCUT2D eigenvalue weighted by atomic mass is 9.86. The maximum Gasteiger partial charge on any atom is 0.261 e. The molecule has 0 unspecified atom stereocenters. The highest BCUT2D eigenvalue weighted by Crippen LogP contribution is 2.25. The molecular weight excluding hydrogens is 328 g/mol. The Kier molecular flexibility index (Phi) is 3.92. The van der Waals surface area contributed by atoms with E-state index in [1.165, 1.54) is 6.07 Å². The first kappa shape index (κ1) is 16.3. The highest BCUT2D eigenvalue weighted by Gasteiger charge is 2.25. The number of H-pyrrole nitrogens is 1. The normalized spacial score (nSPS) is 16.3. The highest BCUT2D eigenvalue weighted by atomic mass is 16.2. The first-order valence-electron chi connectivity index (χ1n) is 8.61. The molecule has 0 spiro atoms. The minimum absolute atomic E-state index is 0.0331. The number of nitrogens with one attached hydrogen (secondary N) is 2. The number of benzene rings is 2. The van der Waals surface area contributed by atoms with Crippen LogP contribution in [0.25, 0.3) is 10.8 Å². The van der Waals surface area contributed by atoms with Gasteiger partial charge in [-0.25, -0.2) is 0 Å². The van der Waals surface area contributed by atoms with E-state index in [4.69, 9.17) is 0 Å². The predicted octanol–water partition coefficient (Wildman–Crippen LogP) is 3.55. The van der Waals surface area contributed by atoms with Crippen LogP contribution < -0.4 is 10.9 Å². The van der Waals surface area contributed by atoms with Crippen molar-refractivity contribution in [2.45, 2.75) is 19.8 Å². The zero-order chi connectivity index (χ0) is 18.3. The lowest BCUT2D eigenvalue weighted by Gasteiger charge is -2.20. The largest absolute Gasteiger partial charge is 0.325 e. The van der Waals surface area contributed by atoms with E-state index >= 15 is 0 Å². The van der Waals surface area contributed by atoms with Gasteiger partial charge in [-0.05, 0) is 29.9 Å². The average Bonchev–Trinajstić information content (AvgIpc) is 2.61. The van der Waals surface area contributed by atoms with Crippen LogP contribution >= 0.6 is 0 Å². The zero-order valence-electron chi connectivity index (χ0n) is 14.3. The number of Topliss-reactive ketones (excluding diaryl/α,β-unsaturated/α-hetero) is 1. The van der Waals surface area contributed by atoms with Gasteiger partial charge in [-0.2, -0.15) is 0 Å². The van der Waals surface area contributed by atoms with Gasteiger partial charge >= 0.3 is 0 Å². The Bertz CT molecular complexity index is 1090. The molecule has 1 aliphatic carbocycles. The van der Waals surface area contributed by atoms with E-state index in [1.54, 1.807) is 6.07 Å². The molecule has 1 aromatic heterocycles. The van der Waals surface area contributed by atoms with Crippen molar-refractivity contribution >= 4 is 28.2 Å². The molecule has 2 N–H and O–H groups in total. The molecule has 1 amide bonds. The van der Waals surface area contributed by atoms with Crippen molar-refractivity contribution in [1.29, 1.82) is 0 Å². The summed E-state index contributed by atoms with van der Waals surface area (Å²) in [5.41, 5.74) is 1.19. The molecule has 0 saturated carbocycles. The highest BCUT2D eigenvalue weighted by molar-refractivity contribution is 6.10. The van der Waals surface area contributed by atoms with Crippen molar-refractivity contribution in [1.82, 2.24) is 4.98 Å². The summed E-state index contributed by atoms with van der Waals surface area (Å²) in [4.78, 5) is 40.1. The van der Waals surface area contributed by atoms with Crippen molar-refractivity contribution in [3.8, 4) is 0 Å². The second-order valence-electron chi connectivity index (χ2n) is 6.82. The SMILES string of the molecule is C[C@@H]1CC(=O)c2cc(C(=O)Nc3cccc4ccccc34)c(=O)[nH]c2C1. The van der Waals surface area contributed by atoms with Crippen LogP contribution in [0.2, 0.25) is 0 Å². The van der Waals surface area contributed by atoms with Gasteiger partial charge in [-0.1, -0.05) is 43.3 Å². The van der Waals surface area contributed by atoms with Crippen molar-refractivity contribution < 1.29 is 9.59 Å². The number of amides is 1. The summed E-state index contributed by atoms with van der Waals surface area (Å²) in [5.74, 6) is -0.355. The zero-order valence-corrected chi connectivity index (χ0v) is 14.3. The number of aromatic nitrogens is 1. The number of hydrogen-bond donors (Lipinski definition) is 2. The fourth-order valence-corrected chi connectivity index (χ4v) is 3.52. The number of rotatable bonds is 2. The van der Waals surface area contributed by atoms with Crippen molar-refractivity contribution in [3.05, 3.63) is 75.7 Å². The van der Waals surface area contributed by atoms with Crippen LogP contribution in [-0.2, 0) is 6.42 Å². The lowest BCUT2D eigenvalue weighted by Crippen LogP contribution is -2.29. The summed E-state index contributed by atoms with van der Waals surface area (Å²) in [6.45, 7) is 1.97. The molecule has 0 radical (unpaired) electrons. The topological polar surface area (TPSA) is 79.0 Å². The minimum Gasteiger partial charge on any atom is -0.325 e. The Labute approximate surface area is 150 Å². The summed E-state index contributed by atoms with van der Waals surface area (Å²) in [6, 6.07) is 14.7. The summed E-state index contributed by atoms with van der Waals surface area (Å²) < 4.78 is 0. The molecule has 130 valence electrons. The van der Waals surface area contributed by atoms with Gasteiger partial charge in [0.2, 0.25) is 0 Å². The molecule has 0 aliphatic heterocycles. The van der Waals surface area contributed by atoms with Crippen molar-refractivity contribution in [2.24, 2.45) is 5.92 Å². The summed E-state index contributed by atoms with van der Waals surface area (Å²) in [5, 5.41) is 4.69. The van der Waals surface area contributed by atoms with Crippen LogP contribution in [0.4, 0.5) is 5.69 Å². The Morgan fingerprint density at radius 1 is 1.08 bits per heavy atom. The third-order valence-electron chi connectivity index (χ3n) is 4.79. The van der Waals surface area contributed by atoms with E-state index in [1.807, 2.05) is 43.3 Å². The number of ketones is 1. The number of anilines is 1. The number of fused-ring (bicyclic) bond motifs is 2. The molecule has 26 heavy (non-hydrogen) atoms. The van der Waals surface area contributed by atoms with E-state index in [0.717, 1.165) is 10.8 Å². The smallest absolute Gasteiger partial charge is 0.261 e. The van der Waals surface area contributed by atoms with E-state index in [-0.39, 0.29) is 17.3 Å². The molecule has 5 nitrogen and oxygen atoms in total. The predicted molar refractivity (Wildman–Crippen MR) is 101 cm³/mol. The van der Waals surface area contributed by atoms with Gasteiger partial charge in [-0.3, -0.25) is 14.4 Å². The quantitative estimate of drug-likeness (QED) is 0.745. The molecule has 3 aromatic rings. The number of hydrogen-bond acceptors (Lipinski definition) is 3. The van der Waals surface area contributed by atoms with E-state index in [2.05, 4.69) is 10.3 Å². The Balaban J connectivity index is 1.72. The average molecular weight is 346 g/mol. The van der Waals surface area contributed by atoms with E-state index < -0.39 is 11.5 Å². The summed E-state index contributed by atoms with van der Waals surface area (Å²) in [6.07, 6.45) is 1.07. The van der Waals surface area contributed by atoms with Crippen LogP contribution in [0.15, 0.2) is 53.3 Å². The first-order valence-corrected chi connectivity index (χ1v) is 8.61. The third-order valence-corrected chi connectivity index (χ3v) is 4.79. The van der Waals surface area contributed by atoms with E-state index in [0.29, 0.717) is 29.8 Å². The minimum atomic E-state index is -0.517. The Hall–Kier alpha value is -3.21. The van der Waals surface area contributed by atoms with Crippen LogP contribution in [0.1, 0.15) is 39.8 Å². The maximum atomic E-state index is 12.7. The van der Waals surface area contributed by atoms with Crippen LogP contribution in [0.3, 0.4) is 0 Å². The van der Waals surface area contributed by atoms with Crippen molar-refractivity contribution in [2.75, 3.05) is 5.32 Å². The number of carbonyl (C=O) groups is 2. The second-order valence-corrected chi connectivity index (χ2v) is 6.82. The van der Waals surface area contributed by atoms with Crippen LogP contribution in [0, 0.1) is 5.92 Å². The molecular formula is C21H18N2O3. The van der Waals surface area contributed by atoms with Gasteiger partial charge in [0, 0.05) is 28.8 Å². The van der Waals surface area contributed by atoms with Gasteiger partial charge in [-0.15, -0.1) is 0 Å². The standard InChI is InChI=1S/C21H18N2O3/c1-12-9-18-15(19(24)10-12)11-16(21(26)23-18)20(25)22-17-8-4-6-13-5-2-3-7-14(13)17/h2-8,11-12H,9-10H2,1H3,(H,22,25)(H,23,26)/t12-/m0/s1. The molecule has 1 atom stereocenters. The van der Waals surface area contributed by atoms with Crippen LogP contribution in [-0.4, -0.2) is 16.7 Å². The fourth-order valence-electron chi connectivity index (χ4n) is 3.52. The van der Waals surface area contributed by atoms with Gasteiger partial charge in [0.15, 0.2) is 5.78 Å². The Morgan fingerprint density at radius 2 is 1.85 bits per heavy atom. The summed E-state index contributed by atoms with van der Waals surface area (Å²) >= 11 is 0. The first-order chi connectivity index (χ1) is 12.5. The van der Waals surface area contributed by atoms with Crippen molar-refractivity contribution in [3.63, 3.8) is 0 Å². The fraction of sp³-hybridized carbons (Fsp3) is 0.190. The molecule has 0 bridgehead atoms. The molecule has 4 rings (SSSR count). The van der Waals surface area contributed by atoms with E-state index in [9.17, 15) is 14.4 Å². The van der Waals surface area contributed by atoms with Gasteiger partial charge in [0.1, 0.15) is 5.56 Å². The monoisotopic (exact) mass is 346 g/mol. The molecule has 2 aromatic carbocycles. The maximum absolute atomic E-state index is 12.7. The Morgan fingerprint density at radius 3 is 2.69 bits per heavy atom. The number of aromatic amines is 1. The third kappa shape index (κ3) is 2.81. The molecule has 0 saturated heterocycles. The molecule has 5 heteroatoms. The summed E-state index contributed by atoms with van der Waals surface area (Å²) in [7, 11) is 0. The number of pyridine rings is 1. The van der Waals surface area contributed by atoms with Gasteiger partial charge < -0.3 is 10.3 Å². The van der Waals surface area contributed by atoms with Gasteiger partial charge in [0.05, 0.1) is 0 Å². The van der Waals surface area contributed by atoms with Gasteiger partial charge in [0.25, 0.3) is 11.5 Å². The lowest BCUT2D eigenvalue weighted by molar-refractivity contribution is 0.0952. The number of carbonyl (C=O) groups excluding carboxylic acids is 2. The molecule has 1 heterocycles. The molecule has 0 fully saturated rings. The second kappa shape index (κ2) is 6.26. The molecule has 1 aliphatic rings. The van der Waals surface area contributed by atoms with Crippen LogP contribution in [0.5, 0.6) is 0 Å².